The van der Waals surface area contributed by atoms with E-state index < -0.39 is 0 Å². The average molecular weight is 1540 g/mol. The van der Waals surface area contributed by atoms with Crippen molar-refractivity contribution in [2.24, 2.45) is 0 Å². The lowest BCUT2D eigenvalue weighted by Gasteiger charge is -2.21. The fraction of sp³-hybridized carbons (Fsp3) is 0.250. The first-order chi connectivity index (χ1) is 55.7. The van der Waals surface area contributed by atoms with Gasteiger partial charge in [0.25, 0.3) is 0 Å². The van der Waals surface area contributed by atoms with Crippen LogP contribution in [0.5, 0.6) is 0 Å². The highest BCUT2D eigenvalue weighted by Gasteiger charge is 2.21. The Morgan fingerprint density at radius 1 is 0.313 bits per heavy atom. The molecule has 9 aromatic carbocycles. The zero-order chi connectivity index (χ0) is 81.7. The minimum atomic E-state index is -0.369. The number of para-hydroxylation sites is 1. The predicted octanol–water partition coefficient (Wildman–Crippen LogP) is 19.8. The lowest BCUT2D eigenvalue weighted by Crippen LogP contribution is -2.21. The third-order valence-corrected chi connectivity index (χ3v) is 21.9. The molecule has 115 heavy (non-hydrogen) atoms. The highest BCUT2D eigenvalue weighted by Crippen LogP contribution is 2.37. The second-order valence-corrected chi connectivity index (χ2v) is 28.4. The molecule has 0 atom stereocenters. The number of aryl methyl sites for hydroxylation is 4. The number of rotatable bonds is 20. The number of fused-ring (bicyclic) bond motifs is 7. The number of H-pyrrole nitrogens is 3. The number of aliphatic hydroxyl groups is 2. The van der Waals surface area contributed by atoms with Gasteiger partial charge in [-0.05, 0) is 277 Å². The second-order valence-electron chi connectivity index (χ2n) is 28.4. The van der Waals surface area contributed by atoms with Gasteiger partial charge in [-0.2, -0.15) is 0 Å². The number of aromatic nitrogens is 3. The summed E-state index contributed by atoms with van der Waals surface area (Å²) in [5.74, 6) is 0. The molecule has 0 unspecified atom stereocenters. The van der Waals surface area contributed by atoms with E-state index in [0.717, 1.165) is 174 Å². The molecule has 19 heteroatoms. The van der Waals surface area contributed by atoms with E-state index in [2.05, 4.69) is 145 Å². The second kappa shape index (κ2) is 36.8. The fourth-order valence-electron chi connectivity index (χ4n) is 15.5. The monoisotopic (exact) mass is 1540 g/mol. The summed E-state index contributed by atoms with van der Waals surface area (Å²) >= 11 is 0. The summed E-state index contributed by atoms with van der Waals surface area (Å²) < 4.78 is 22.8. The Morgan fingerprint density at radius 2 is 0.643 bits per heavy atom. The van der Waals surface area contributed by atoms with Gasteiger partial charge < -0.3 is 73.9 Å². The number of benzene rings is 9. The van der Waals surface area contributed by atoms with Crippen LogP contribution in [0.25, 0.3) is 121 Å². The summed E-state index contributed by atoms with van der Waals surface area (Å²) in [6, 6.07) is 61.5. The van der Waals surface area contributed by atoms with Gasteiger partial charge >= 0.3 is 22.5 Å². The zero-order valence-corrected chi connectivity index (χ0v) is 67.7. The Balaban J connectivity index is 0.000000136. The van der Waals surface area contributed by atoms with Crippen LogP contribution in [0.3, 0.4) is 0 Å². The van der Waals surface area contributed by atoms with E-state index in [1.807, 2.05) is 168 Å². The molecular formula is C96H103N9O10. The molecule has 19 nitrogen and oxygen atoms in total. The number of hydrogen-bond acceptors (Lipinski definition) is 16. The van der Waals surface area contributed by atoms with Gasteiger partial charge in [-0.3, -0.25) is 0 Å². The van der Waals surface area contributed by atoms with Crippen molar-refractivity contribution in [1.82, 2.24) is 15.0 Å². The molecule has 0 spiro atoms. The Kier molecular flexibility index (Phi) is 26.1. The molecule has 0 saturated carbocycles. The molecule has 0 aliphatic heterocycles. The summed E-state index contributed by atoms with van der Waals surface area (Å²) in [7, 11) is 0. The molecule has 7 heterocycles. The summed E-state index contributed by atoms with van der Waals surface area (Å²) in [6.07, 6.45) is 6.69. The van der Waals surface area contributed by atoms with Gasteiger partial charge in [-0.25, -0.2) is 19.2 Å². The lowest BCUT2D eigenvalue weighted by molar-refractivity contribution is 0.299. The number of nitrogens with two attached hydrogens (primary N) is 2. The van der Waals surface area contributed by atoms with Crippen LogP contribution in [0, 0.1) is 27.7 Å². The Bertz CT molecular complexity index is 6170. The molecule has 7 aromatic heterocycles. The molecule has 16 rings (SSSR count). The quantitative estimate of drug-likeness (QED) is 0.0276. The highest BCUT2D eigenvalue weighted by molar-refractivity contribution is 5.95. The summed E-state index contributed by atoms with van der Waals surface area (Å²) in [5, 5.41) is 25.6. The van der Waals surface area contributed by atoms with Crippen molar-refractivity contribution >= 4 is 111 Å². The molecule has 0 radical (unpaired) electrons. The van der Waals surface area contributed by atoms with E-state index in [1.54, 1.807) is 12.1 Å². The highest BCUT2D eigenvalue weighted by atomic mass is 16.4. The third-order valence-electron chi connectivity index (χ3n) is 21.9. The van der Waals surface area contributed by atoms with Crippen molar-refractivity contribution in [3.8, 4) is 44.5 Å². The van der Waals surface area contributed by atoms with Gasteiger partial charge in [0.05, 0.1) is 22.3 Å². The van der Waals surface area contributed by atoms with E-state index in [4.69, 9.17) is 34.2 Å². The number of anilines is 6. The summed E-state index contributed by atoms with van der Waals surface area (Å²) in [6.45, 7) is 32.0. The van der Waals surface area contributed by atoms with Gasteiger partial charge in [0.1, 0.15) is 22.3 Å². The molecule has 16 aromatic rings. The predicted molar refractivity (Wildman–Crippen MR) is 477 cm³/mol. The van der Waals surface area contributed by atoms with Crippen molar-refractivity contribution < 1.29 is 27.9 Å². The van der Waals surface area contributed by atoms with Gasteiger partial charge in [0, 0.05) is 181 Å². The number of aromatic amines is 3. The number of aliphatic hydroxyl groups excluding tert-OH is 2. The minimum absolute atomic E-state index is 0.00704. The first-order valence-corrected chi connectivity index (χ1v) is 39.7. The van der Waals surface area contributed by atoms with Crippen molar-refractivity contribution in [3.63, 3.8) is 0 Å². The molecule has 0 aliphatic carbocycles. The largest absolute Gasteiger partial charge is 0.422 e. The van der Waals surface area contributed by atoms with Crippen molar-refractivity contribution in [3.05, 3.63) is 282 Å². The first kappa shape index (κ1) is 81.6. The Hall–Kier alpha value is -12.8. The summed E-state index contributed by atoms with van der Waals surface area (Å²) in [5.41, 5.74) is 32.8. The fourth-order valence-corrected chi connectivity index (χ4v) is 15.5. The number of nitrogen functional groups attached to an aromatic ring is 2. The van der Waals surface area contributed by atoms with E-state index in [1.165, 1.54) is 10.9 Å². The van der Waals surface area contributed by atoms with Crippen molar-refractivity contribution in [2.45, 2.75) is 95.9 Å². The van der Waals surface area contributed by atoms with E-state index >= 15 is 0 Å². The van der Waals surface area contributed by atoms with E-state index in [0.29, 0.717) is 68.8 Å². The molecule has 0 aliphatic rings. The van der Waals surface area contributed by atoms with Crippen LogP contribution in [-0.2, 0) is 12.8 Å². The number of hydrogen-bond donors (Lipinski definition) is 7. The SMILES string of the molecule is CCN(CC)c1ccc2c(C)c(-c3ccc(CCO)c(N)c3)c(=O)oc2c1.CCN(CC)c1ccc2c(C)c(-c3ccc(N)c(CCO)c3)c(=O)oc2c1.CCN(CC)c1ccc2c(C)c(-c3ccc4[nH]ccc4c3)c(=O)oc2c1.CCN(CC)c1ccc2c(C)c(-c3ccc4cc[nH]c4c3)c(=O)oc2c1.c1ccc2[nH]ccc2c1. The van der Waals surface area contributed by atoms with E-state index in [-0.39, 0.29) is 35.7 Å². The first-order valence-electron chi connectivity index (χ1n) is 39.7. The maximum atomic E-state index is 12.8. The Morgan fingerprint density at radius 3 is 1.04 bits per heavy atom. The van der Waals surface area contributed by atoms with Crippen LogP contribution < -0.4 is 53.6 Å². The number of nitrogens with one attached hydrogen (secondary N) is 3. The van der Waals surface area contributed by atoms with Crippen LogP contribution >= 0.6 is 0 Å². The molecule has 0 saturated heterocycles. The third kappa shape index (κ3) is 17.5. The van der Waals surface area contributed by atoms with Crippen LogP contribution in [0.1, 0.15) is 88.8 Å². The molecule has 0 bridgehead atoms. The standard InChI is InChI=1S/2C22H26N2O3.2C22H22N2O2.C8H7N/c1-4-24(5-2)17-7-8-18-14(3)21(22(26)27-20(18)13-17)16-6-9-19(23)15(12-16)10-11-25;1-4-24(5-2)17-8-9-18-14(3)21(22(26)27-20(18)13-17)16-7-6-15(10-11-25)19(23)12-16;1-4-24(5-2)17-7-8-18-14(3)21(22(25)26-20(18)13-17)16-6-9-19-15(12-16)10-11-23-19;1-4-24(5-2)17-8-9-18-14(3)21(22(25)26-20(18)13-17)16-7-6-15-10-11-23-19(15)12-16;1-2-4-8-7(3-1)5-6-9-8/h2*6-9,12-13,25H,4-5,10-11,23H2,1-3H3;2*6-13,23H,4-5H2,1-3H3;1-6,9H. The van der Waals surface area contributed by atoms with Gasteiger partial charge in [0.2, 0.25) is 0 Å². The maximum absolute atomic E-state index is 12.8. The molecule has 0 fully saturated rings. The Labute approximate surface area is 668 Å². The average Bonchev–Trinajstić information content (AvgIpc) is 1.50. The molecular weight excluding hydrogens is 1440 g/mol. The van der Waals surface area contributed by atoms with Crippen LogP contribution in [0.2, 0.25) is 0 Å². The van der Waals surface area contributed by atoms with Gasteiger partial charge in [-0.15, -0.1) is 0 Å². The van der Waals surface area contributed by atoms with Crippen LogP contribution in [0.4, 0.5) is 34.1 Å². The smallest absolute Gasteiger partial charge is 0.344 e. The molecule has 9 N–H and O–H groups in total. The van der Waals surface area contributed by atoms with E-state index in [9.17, 15) is 24.3 Å². The van der Waals surface area contributed by atoms with Gasteiger partial charge in [-0.1, -0.05) is 54.6 Å². The maximum Gasteiger partial charge on any atom is 0.344 e. The summed E-state index contributed by atoms with van der Waals surface area (Å²) in [4.78, 5) is 69.4. The minimum Gasteiger partial charge on any atom is -0.422 e. The molecule has 592 valence electrons. The zero-order valence-electron chi connectivity index (χ0n) is 67.7. The van der Waals surface area contributed by atoms with Crippen LogP contribution in [-0.4, -0.2) is 90.7 Å². The van der Waals surface area contributed by atoms with Gasteiger partial charge in [0.15, 0.2) is 0 Å². The molecule has 0 amide bonds. The number of nitrogens with zero attached hydrogens (tertiary/aromatic N) is 4. The van der Waals surface area contributed by atoms with Crippen LogP contribution in [0.15, 0.2) is 243 Å². The lowest BCUT2D eigenvalue weighted by atomic mass is 9.96. The van der Waals surface area contributed by atoms with Crippen molar-refractivity contribution in [2.75, 3.05) is 96.6 Å². The van der Waals surface area contributed by atoms with Crippen molar-refractivity contribution in [1.29, 1.82) is 0 Å². The normalized spacial score (nSPS) is 11.1. The topological polar surface area (TPSA) is 274 Å².